The third kappa shape index (κ3) is 1.77. The third-order valence-corrected chi connectivity index (χ3v) is 1.87. The van der Waals surface area contributed by atoms with E-state index in [1.807, 2.05) is 6.07 Å². The molecule has 0 aliphatic heterocycles. The molecular weight excluding hydrogens is 185 g/mol. The second-order valence-corrected chi connectivity index (χ2v) is 2.61. The van der Waals surface area contributed by atoms with Crippen molar-refractivity contribution in [2.24, 2.45) is 0 Å². The lowest BCUT2D eigenvalue weighted by molar-refractivity contribution is 0.380. The van der Waals surface area contributed by atoms with Crippen LogP contribution in [0, 0.1) is 11.3 Å². The molecular formula is C10H10FNO2. The smallest absolute Gasteiger partial charge is 0.140 e. The number of halogens is 1. The minimum Gasteiger partial charge on any atom is -0.496 e. The van der Waals surface area contributed by atoms with E-state index in [0.717, 1.165) is 0 Å². The molecule has 0 atom stereocenters. The summed E-state index contributed by atoms with van der Waals surface area (Å²) in [6.07, 6.45) is 0. The van der Waals surface area contributed by atoms with E-state index in [1.54, 1.807) is 0 Å². The number of nitrogens with zero attached hydrogens (tertiary/aromatic N) is 1. The number of alkyl halides is 1. The summed E-state index contributed by atoms with van der Waals surface area (Å²) in [6.45, 7) is -0.665. The van der Waals surface area contributed by atoms with Gasteiger partial charge in [0.2, 0.25) is 0 Å². The van der Waals surface area contributed by atoms with Crippen molar-refractivity contribution < 1.29 is 13.9 Å². The molecule has 14 heavy (non-hydrogen) atoms. The third-order valence-electron chi connectivity index (χ3n) is 1.87. The van der Waals surface area contributed by atoms with E-state index in [2.05, 4.69) is 0 Å². The molecule has 0 aromatic heterocycles. The fraction of sp³-hybridized carbons (Fsp3) is 0.300. The molecule has 0 amide bonds. The summed E-state index contributed by atoms with van der Waals surface area (Å²) in [7, 11) is 2.89. The molecule has 1 aromatic rings. The second kappa shape index (κ2) is 4.47. The Labute approximate surface area is 81.7 Å². The molecule has 0 fully saturated rings. The van der Waals surface area contributed by atoms with Crippen LogP contribution in [0.25, 0.3) is 0 Å². The van der Waals surface area contributed by atoms with Gasteiger partial charge in [-0.15, -0.1) is 0 Å². The summed E-state index contributed by atoms with van der Waals surface area (Å²) >= 11 is 0. The van der Waals surface area contributed by atoms with E-state index in [9.17, 15) is 4.39 Å². The van der Waals surface area contributed by atoms with Gasteiger partial charge in [0.1, 0.15) is 24.2 Å². The summed E-state index contributed by atoms with van der Waals surface area (Å²) < 4.78 is 22.4. The van der Waals surface area contributed by atoms with Gasteiger partial charge in [-0.2, -0.15) is 5.26 Å². The predicted molar refractivity (Wildman–Crippen MR) is 49.1 cm³/mol. The Kier molecular flexibility index (Phi) is 3.29. The molecule has 0 aliphatic carbocycles. The first kappa shape index (κ1) is 10.3. The van der Waals surface area contributed by atoms with Crippen LogP contribution < -0.4 is 9.47 Å². The zero-order valence-electron chi connectivity index (χ0n) is 8.00. The number of methoxy groups -OCH3 is 2. The van der Waals surface area contributed by atoms with Gasteiger partial charge in [-0.1, -0.05) is 0 Å². The summed E-state index contributed by atoms with van der Waals surface area (Å²) in [5.41, 5.74) is 0.658. The van der Waals surface area contributed by atoms with Gasteiger partial charge < -0.3 is 9.47 Å². The van der Waals surface area contributed by atoms with Crippen LogP contribution in [0.3, 0.4) is 0 Å². The SMILES string of the molecule is COc1cc(OC)c(CF)cc1C#N. The van der Waals surface area contributed by atoms with Crippen molar-refractivity contribution in [2.75, 3.05) is 14.2 Å². The molecule has 0 saturated heterocycles. The first-order chi connectivity index (χ1) is 6.76. The standard InChI is InChI=1S/C10H10FNO2/c1-13-9-4-10(14-2)8(6-12)3-7(9)5-11/h3-4H,5H2,1-2H3. The van der Waals surface area contributed by atoms with Gasteiger partial charge in [0, 0.05) is 11.6 Å². The highest BCUT2D eigenvalue weighted by Gasteiger charge is 2.10. The zero-order valence-corrected chi connectivity index (χ0v) is 8.00. The molecule has 74 valence electrons. The van der Waals surface area contributed by atoms with E-state index >= 15 is 0 Å². The minimum absolute atomic E-state index is 0.306. The molecule has 0 heterocycles. The predicted octanol–water partition coefficient (Wildman–Crippen LogP) is 2.04. The van der Waals surface area contributed by atoms with Gasteiger partial charge >= 0.3 is 0 Å². The molecule has 0 saturated carbocycles. The topological polar surface area (TPSA) is 42.2 Å². The van der Waals surface area contributed by atoms with Gasteiger partial charge in [0.25, 0.3) is 0 Å². The number of ether oxygens (including phenoxy) is 2. The molecule has 0 spiro atoms. The molecule has 0 bridgehead atoms. The molecule has 4 heteroatoms. The minimum atomic E-state index is -0.665. The molecule has 0 aliphatic rings. The summed E-state index contributed by atoms with van der Waals surface area (Å²) in [5.74, 6) is 0.782. The van der Waals surface area contributed by atoms with Crippen molar-refractivity contribution in [1.29, 1.82) is 5.26 Å². The van der Waals surface area contributed by atoms with E-state index < -0.39 is 6.67 Å². The Morgan fingerprint density at radius 2 is 1.93 bits per heavy atom. The van der Waals surface area contributed by atoms with Crippen LogP contribution >= 0.6 is 0 Å². The Hall–Kier alpha value is -1.76. The van der Waals surface area contributed by atoms with Crippen LogP contribution in [0.5, 0.6) is 11.5 Å². The second-order valence-electron chi connectivity index (χ2n) is 2.61. The van der Waals surface area contributed by atoms with E-state index in [4.69, 9.17) is 14.7 Å². The Morgan fingerprint density at radius 1 is 1.29 bits per heavy atom. The van der Waals surface area contributed by atoms with Crippen molar-refractivity contribution in [2.45, 2.75) is 6.67 Å². The van der Waals surface area contributed by atoms with Crippen LogP contribution in [0.4, 0.5) is 4.39 Å². The molecule has 0 unspecified atom stereocenters. The lowest BCUT2D eigenvalue weighted by Crippen LogP contribution is -1.95. The highest BCUT2D eigenvalue weighted by atomic mass is 19.1. The lowest BCUT2D eigenvalue weighted by atomic mass is 10.1. The van der Waals surface area contributed by atoms with E-state index in [1.165, 1.54) is 26.4 Å². The highest BCUT2D eigenvalue weighted by Crippen LogP contribution is 2.28. The van der Waals surface area contributed by atoms with Gasteiger partial charge in [0.15, 0.2) is 0 Å². The summed E-state index contributed by atoms with van der Waals surface area (Å²) in [4.78, 5) is 0. The highest BCUT2D eigenvalue weighted by molar-refractivity contribution is 5.51. The van der Waals surface area contributed by atoms with E-state index in [-0.39, 0.29) is 0 Å². The number of nitriles is 1. The van der Waals surface area contributed by atoms with E-state index in [0.29, 0.717) is 22.6 Å². The van der Waals surface area contributed by atoms with Crippen LogP contribution in [0.2, 0.25) is 0 Å². The van der Waals surface area contributed by atoms with Crippen LogP contribution in [-0.2, 0) is 6.67 Å². The Balaban J connectivity index is 3.30. The number of hydrogen-bond acceptors (Lipinski definition) is 3. The van der Waals surface area contributed by atoms with Crippen LogP contribution in [-0.4, -0.2) is 14.2 Å². The average molecular weight is 195 g/mol. The maximum absolute atomic E-state index is 12.5. The van der Waals surface area contributed by atoms with Gasteiger partial charge in [0.05, 0.1) is 19.8 Å². The molecule has 3 nitrogen and oxygen atoms in total. The van der Waals surface area contributed by atoms with Crippen LogP contribution in [0.1, 0.15) is 11.1 Å². The Bertz CT molecular complexity index is 371. The van der Waals surface area contributed by atoms with Crippen molar-refractivity contribution in [3.63, 3.8) is 0 Å². The lowest BCUT2D eigenvalue weighted by Gasteiger charge is -2.09. The van der Waals surface area contributed by atoms with Gasteiger partial charge in [-0.05, 0) is 6.07 Å². The average Bonchev–Trinajstić information content (AvgIpc) is 2.26. The molecule has 0 radical (unpaired) electrons. The maximum atomic E-state index is 12.5. The molecule has 0 N–H and O–H groups in total. The number of rotatable bonds is 3. The quantitative estimate of drug-likeness (QED) is 0.741. The summed E-state index contributed by atoms with van der Waals surface area (Å²) in [6, 6.07) is 4.86. The molecule has 1 aromatic carbocycles. The largest absolute Gasteiger partial charge is 0.496 e. The fourth-order valence-electron chi connectivity index (χ4n) is 1.16. The first-order valence-corrected chi connectivity index (χ1v) is 3.97. The number of benzene rings is 1. The van der Waals surface area contributed by atoms with Crippen LogP contribution in [0.15, 0.2) is 12.1 Å². The monoisotopic (exact) mass is 195 g/mol. The van der Waals surface area contributed by atoms with Crippen molar-refractivity contribution in [1.82, 2.24) is 0 Å². The van der Waals surface area contributed by atoms with Crippen molar-refractivity contribution in [3.05, 3.63) is 23.3 Å². The number of hydrogen-bond donors (Lipinski definition) is 0. The first-order valence-electron chi connectivity index (χ1n) is 3.97. The summed E-state index contributed by atoms with van der Waals surface area (Å²) in [5, 5.41) is 8.74. The van der Waals surface area contributed by atoms with Crippen molar-refractivity contribution >= 4 is 0 Å². The zero-order chi connectivity index (χ0) is 10.6. The van der Waals surface area contributed by atoms with Gasteiger partial charge in [-0.3, -0.25) is 0 Å². The normalized spacial score (nSPS) is 9.29. The maximum Gasteiger partial charge on any atom is 0.140 e. The Morgan fingerprint density at radius 3 is 2.36 bits per heavy atom. The van der Waals surface area contributed by atoms with Gasteiger partial charge in [-0.25, -0.2) is 4.39 Å². The fourth-order valence-corrected chi connectivity index (χ4v) is 1.16. The molecule has 1 rings (SSSR count). The van der Waals surface area contributed by atoms with Crippen molar-refractivity contribution in [3.8, 4) is 17.6 Å².